The van der Waals surface area contributed by atoms with E-state index in [0.29, 0.717) is 53.2 Å². The zero-order valence-corrected chi connectivity index (χ0v) is 18.2. The van der Waals surface area contributed by atoms with Crippen molar-refractivity contribution in [1.29, 1.82) is 5.26 Å². The monoisotopic (exact) mass is 461 g/mol. The maximum atomic E-state index is 14.2. The standard InChI is InChI=1S/C26H18ClF2N3O/c27-20-14-18(9-10-21(20)29)32-22-7-4-8-23(33)25(22)24(16-5-3-6-17(28)13-16)19(15-30)26(32)31-11-1-2-12-31/h1-3,5-6,9-14,24H,4,7-8H2/t24-/m1/s1. The Bertz CT molecular complexity index is 1370. The van der Waals surface area contributed by atoms with E-state index in [4.69, 9.17) is 11.6 Å². The summed E-state index contributed by atoms with van der Waals surface area (Å²) < 4.78 is 30.0. The summed E-state index contributed by atoms with van der Waals surface area (Å²) in [5.41, 5.74) is 2.56. The summed E-state index contributed by atoms with van der Waals surface area (Å²) in [6.07, 6.45) is 5.15. The van der Waals surface area contributed by atoms with Crippen molar-refractivity contribution in [2.75, 3.05) is 4.90 Å². The Balaban J connectivity index is 1.85. The van der Waals surface area contributed by atoms with Gasteiger partial charge in [-0.1, -0.05) is 23.7 Å². The molecule has 0 N–H and O–H groups in total. The molecular weight excluding hydrogens is 444 g/mol. The molecule has 0 spiro atoms. The molecule has 0 bridgehead atoms. The zero-order chi connectivity index (χ0) is 23.1. The van der Waals surface area contributed by atoms with Crippen molar-refractivity contribution in [3.63, 3.8) is 0 Å². The Morgan fingerprint density at radius 2 is 1.82 bits per heavy atom. The van der Waals surface area contributed by atoms with E-state index in [2.05, 4.69) is 6.07 Å². The maximum Gasteiger partial charge on any atom is 0.161 e. The average molecular weight is 462 g/mol. The first-order valence-corrected chi connectivity index (χ1v) is 10.9. The molecule has 0 unspecified atom stereocenters. The van der Waals surface area contributed by atoms with Gasteiger partial charge in [-0.05, 0) is 60.9 Å². The van der Waals surface area contributed by atoms with Crippen molar-refractivity contribution in [3.05, 3.63) is 106 Å². The minimum atomic E-state index is -0.710. The first-order chi connectivity index (χ1) is 16.0. The number of allylic oxidation sites excluding steroid dienone is 3. The molecule has 1 atom stereocenters. The fourth-order valence-electron chi connectivity index (χ4n) is 4.69. The molecule has 0 saturated heterocycles. The normalized spacial score (nSPS) is 18.4. The smallest absolute Gasteiger partial charge is 0.161 e. The van der Waals surface area contributed by atoms with Gasteiger partial charge in [0, 0.05) is 35.8 Å². The summed E-state index contributed by atoms with van der Waals surface area (Å²) in [5.74, 6) is -1.28. The highest BCUT2D eigenvalue weighted by molar-refractivity contribution is 6.31. The third-order valence-electron chi connectivity index (χ3n) is 6.04. The van der Waals surface area contributed by atoms with Crippen LogP contribution in [-0.2, 0) is 4.79 Å². The molecule has 3 aromatic rings. The number of Topliss-reactive ketones (excluding diaryl/α,β-unsaturated/α-hetero) is 1. The van der Waals surface area contributed by atoms with Crippen molar-refractivity contribution in [2.45, 2.75) is 25.2 Å². The molecular formula is C26H18ClF2N3O. The van der Waals surface area contributed by atoms with Gasteiger partial charge in [-0.15, -0.1) is 0 Å². The average Bonchev–Trinajstić information content (AvgIpc) is 3.34. The molecule has 2 heterocycles. The van der Waals surface area contributed by atoms with E-state index in [9.17, 15) is 18.8 Å². The largest absolute Gasteiger partial charge is 0.309 e. The topological polar surface area (TPSA) is 49.0 Å². The fourth-order valence-corrected chi connectivity index (χ4v) is 4.87. The van der Waals surface area contributed by atoms with Crippen LogP contribution in [0.3, 0.4) is 0 Å². The number of halogens is 3. The molecule has 4 nitrogen and oxygen atoms in total. The second kappa shape index (κ2) is 8.34. The van der Waals surface area contributed by atoms with Crippen LogP contribution in [0.4, 0.5) is 14.5 Å². The summed E-state index contributed by atoms with van der Waals surface area (Å²) >= 11 is 6.11. The molecule has 1 aromatic heterocycles. The Morgan fingerprint density at radius 1 is 1.03 bits per heavy atom. The van der Waals surface area contributed by atoms with Gasteiger partial charge >= 0.3 is 0 Å². The molecule has 5 rings (SSSR count). The number of carbonyl (C=O) groups excluding carboxylic acids is 1. The van der Waals surface area contributed by atoms with Crippen LogP contribution in [-0.4, -0.2) is 10.4 Å². The van der Waals surface area contributed by atoms with Crippen LogP contribution >= 0.6 is 11.6 Å². The highest BCUT2D eigenvalue weighted by Gasteiger charge is 2.41. The van der Waals surface area contributed by atoms with Crippen molar-refractivity contribution in [2.24, 2.45) is 0 Å². The third-order valence-corrected chi connectivity index (χ3v) is 6.33. The minimum Gasteiger partial charge on any atom is -0.309 e. The van der Waals surface area contributed by atoms with E-state index in [1.807, 2.05) is 17.0 Å². The molecule has 0 fully saturated rings. The fraction of sp³-hybridized carbons (Fsp3) is 0.154. The molecule has 1 aliphatic heterocycles. The SMILES string of the molecule is N#CC1=C(n2cccc2)N(c2ccc(F)c(Cl)c2)C2=C(C(=O)CCC2)[C@@H]1c1cccc(F)c1. The number of nitrogens with zero attached hydrogens (tertiary/aromatic N) is 3. The van der Waals surface area contributed by atoms with Gasteiger partial charge in [0.1, 0.15) is 17.5 Å². The van der Waals surface area contributed by atoms with Gasteiger partial charge in [-0.3, -0.25) is 9.69 Å². The number of rotatable bonds is 3. The van der Waals surface area contributed by atoms with Crippen molar-refractivity contribution in [3.8, 4) is 6.07 Å². The van der Waals surface area contributed by atoms with Crippen LogP contribution in [0.25, 0.3) is 5.82 Å². The number of hydrogen-bond acceptors (Lipinski definition) is 3. The van der Waals surface area contributed by atoms with Crippen LogP contribution < -0.4 is 4.90 Å². The molecule has 33 heavy (non-hydrogen) atoms. The van der Waals surface area contributed by atoms with E-state index in [-0.39, 0.29) is 10.8 Å². The second-order valence-corrected chi connectivity index (χ2v) is 8.41. The van der Waals surface area contributed by atoms with Crippen molar-refractivity contribution < 1.29 is 13.6 Å². The molecule has 2 aromatic carbocycles. The van der Waals surface area contributed by atoms with Gasteiger partial charge in [0.05, 0.1) is 22.6 Å². The number of anilines is 1. The Morgan fingerprint density at radius 3 is 2.52 bits per heavy atom. The first kappa shape index (κ1) is 21.2. The quantitative estimate of drug-likeness (QED) is 0.452. The molecule has 1 aliphatic carbocycles. The number of benzene rings is 2. The van der Waals surface area contributed by atoms with Gasteiger partial charge in [-0.25, -0.2) is 8.78 Å². The minimum absolute atomic E-state index is 0.0607. The number of nitriles is 1. The Labute approximate surface area is 194 Å². The summed E-state index contributed by atoms with van der Waals surface area (Å²) in [5, 5.41) is 10.3. The van der Waals surface area contributed by atoms with E-state index in [0.717, 1.165) is 0 Å². The van der Waals surface area contributed by atoms with Crippen LogP contribution in [0.2, 0.25) is 5.02 Å². The summed E-state index contributed by atoms with van der Waals surface area (Å²) in [4.78, 5) is 15.1. The van der Waals surface area contributed by atoms with Gasteiger partial charge in [0.15, 0.2) is 5.78 Å². The van der Waals surface area contributed by atoms with E-state index < -0.39 is 17.6 Å². The number of aromatic nitrogens is 1. The number of hydrogen-bond donors (Lipinski definition) is 0. The second-order valence-electron chi connectivity index (χ2n) is 8.00. The van der Waals surface area contributed by atoms with Crippen molar-refractivity contribution >= 4 is 28.9 Å². The predicted octanol–water partition coefficient (Wildman–Crippen LogP) is 6.42. The first-order valence-electron chi connectivity index (χ1n) is 10.5. The zero-order valence-electron chi connectivity index (χ0n) is 17.4. The lowest BCUT2D eigenvalue weighted by molar-refractivity contribution is -0.116. The Kier molecular flexibility index (Phi) is 5.35. The van der Waals surface area contributed by atoms with E-state index in [1.54, 1.807) is 35.2 Å². The summed E-state index contributed by atoms with van der Waals surface area (Å²) in [6.45, 7) is 0. The number of carbonyl (C=O) groups is 1. The summed E-state index contributed by atoms with van der Waals surface area (Å²) in [7, 11) is 0. The lowest BCUT2D eigenvalue weighted by Gasteiger charge is -2.41. The third kappa shape index (κ3) is 3.55. The van der Waals surface area contributed by atoms with Crippen LogP contribution in [0, 0.1) is 23.0 Å². The lowest BCUT2D eigenvalue weighted by Crippen LogP contribution is -2.36. The molecule has 7 heteroatoms. The van der Waals surface area contributed by atoms with Gasteiger partial charge < -0.3 is 4.57 Å². The maximum absolute atomic E-state index is 14.2. The van der Waals surface area contributed by atoms with E-state index in [1.165, 1.54) is 24.3 Å². The highest BCUT2D eigenvalue weighted by Crippen LogP contribution is 2.49. The van der Waals surface area contributed by atoms with Gasteiger partial charge in [-0.2, -0.15) is 5.26 Å². The molecule has 0 saturated carbocycles. The number of ketones is 1. The molecule has 0 amide bonds. The van der Waals surface area contributed by atoms with Gasteiger partial charge in [0.25, 0.3) is 0 Å². The van der Waals surface area contributed by atoms with Crippen molar-refractivity contribution in [1.82, 2.24) is 4.57 Å². The van der Waals surface area contributed by atoms with Crippen LogP contribution in [0.15, 0.2) is 83.8 Å². The van der Waals surface area contributed by atoms with Gasteiger partial charge in [0.2, 0.25) is 0 Å². The van der Waals surface area contributed by atoms with Crippen LogP contribution in [0.1, 0.15) is 30.7 Å². The van der Waals surface area contributed by atoms with E-state index >= 15 is 0 Å². The molecule has 2 aliphatic rings. The lowest BCUT2D eigenvalue weighted by atomic mass is 9.75. The predicted molar refractivity (Wildman–Crippen MR) is 122 cm³/mol. The Hall–Kier alpha value is -3.69. The van der Waals surface area contributed by atoms with Crippen LogP contribution in [0.5, 0.6) is 0 Å². The highest BCUT2D eigenvalue weighted by atomic mass is 35.5. The summed E-state index contributed by atoms with van der Waals surface area (Å²) in [6, 6.07) is 16.3. The molecule has 0 radical (unpaired) electrons. The molecule has 164 valence electrons.